The van der Waals surface area contributed by atoms with Crippen molar-refractivity contribution in [2.75, 3.05) is 11.2 Å². The van der Waals surface area contributed by atoms with E-state index in [1.54, 1.807) is 0 Å². The summed E-state index contributed by atoms with van der Waals surface area (Å²) in [6, 6.07) is 0. The van der Waals surface area contributed by atoms with Gasteiger partial charge in [-0.25, -0.2) is 24.9 Å². The Labute approximate surface area is 115 Å². The number of H-pyrrole nitrogens is 2. The van der Waals surface area contributed by atoms with E-state index in [2.05, 4.69) is 45.3 Å². The van der Waals surface area contributed by atoms with Gasteiger partial charge in [0.25, 0.3) is 0 Å². The van der Waals surface area contributed by atoms with Crippen molar-refractivity contribution in [2.45, 2.75) is 0 Å². The Kier molecular flexibility index (Phi) is 3.18. The number of hydrogen-bond acceptors (Lipinski definition) is 10. The fraction of sp³-hybridized carbons (Fsp3) is 0. The van der Waals surface area contributed by atoms with Gasteiger partial charge in [-0.1, -0.05) is 0 Å². The van der Waals surface area contributed by atoms with Crippen LogP contribution in [0.15, 0.2) is 19.0 Å². The number of hydrogen-bond donors (Lipinski definition) is 5. The maximum Gasteiger partial charge on any atom is 0.206 e. The molecule has 106 valence electrons. The molecular formula is C9H9N11O. The zero-order chi connectivity index (χ0) is 14.7. The van der Waals surface area contributed by atoms with Crippen LogP contribution in [-0.4, -0.2) is 50.5 Å². The molecule has 4 aromatic heterocycles. The van der Waals surface area contributed by atoms with Crippen LogP contribution in [0, 0.1) is 0 Å². The van der Waals surface area contributed by atoms with Crippen LogP contribution in [-0.2, 0) is 0 Å². The molecule has 0 amide bonds. The van der Waals surface area contributed by atoms with Gasteiger partial charge in [0.2, 0.25) is 5.65 Å². The van der Waals surface area contributed by atoms with E-state index >= 15 is 0 Å². The predicted molar refractivity (Wildman–Crippen MR) is 71.0 cm³/mol. The van der Waals surface area contributed by atoms with Crippen molar-refractivity contribution in [3.8, 4) is 0 Å². The molecule has 0 saturated heterocycles. The van der Waals surface area contributed by atoms with Crippen molar-refractivity contribution in [2.24, 2.45) is 0 Å². The number of aromatic amines is 2. The van der Waals surface area contributed by atoms with Crippen molar-refractivity contribution in [3.05, 3.63) is 19.0 Å². The van der Waals surface area contributed by atoms with Gasteiger partial charge in [0, 0.05) is 0 Å². The molecule has 0 bridgehead atoms. The molecule has 0 spiro atoms. The average Bonchev–Trinajstić information content (AvgIpc) is 3.16. The lowest BCUT2D eigenvalue weighted by Crippen LogP contribution is -1.94. The molecule has 0 saturated carbocycles. The van der Waals surface area contributed by atoms with Gasteiger partial charge < -0.3 is 10.7 Å². The molecule has 0 fully saturated rings. The number of aromatic nitrogens is 9. The highest BCUT2D eigenvalue weighted by Crippen LogP contribution is 2.12. The summed E-state index contributed by atoms with van der Waals surface area (Å²) >= 11 is 0. The second-order valence-corrected chi connectivity index (χ2v) is 3.69. The molecule has 12 nitrogen and oxygen atoms in total. The molecule has 0 aromatic carbocycles. The first-order chi connectivity index (χ1) is 10.3. The lowest BCUT2D eigenvalue weighted by Gasteiger charge is -1.95. The van der Waals surface area contributed by atoms with Crippen LogP contribution >= 0.6 is 0 Å². The Balaban J connectivity index is 0.000000126. The molecule has 4 heterocycles. The molecule has 0 radical (unpaired) electrons. The summed E-state index contributed by atoms with van der Waals surface area (Å²) in [6.45, 7) is 0. The van der Waals surface area contributed by atoms with Crippen LogP contribution in [0.5, 0.6) is 0 Å². The standard InChI is InChI=1S/C5H5N5O.C4H4N6/c11-10-5-3-4(7-1-6-3)8-2-9-5;5-3-2-4(7-1-6-3)9-10-8-2/h1-2,11H,(H2,6,7,8,9,10);1H,(H3,5,6,7,8,9,10). The van der Waals surface area contributed by atoms with Crippen LogP contribution in [0.25, 0.3) is 22.3 Å². The summed E-state index contributed by atoms with van der Waals surface area (Å²) in [6.07, 6.45) is 4.15. The Bertz CT molecular complexity index is 868. The van der Waals surface area contributed by atoms with E-state index in [1.165, 1.54) is 19.0 Å². The number of nitrogen functional groups attached to an aromatic ring is 1. The molecule has 0 aliphatic carbocycles. The molecule has 6 N–H and O–H groups in total. The maximum atomic E-state index is 8.57. The van der Waals surface area contributed by atoms with Gasteiger partial charge in [-0.05, 0) is 0 Å². The van der Waals surface area contributed by atoms with Crippen molar-refractivity contribution >= 4 is 34.0 Å². The Morgan fingerprint density at radius 1 is 1.00 bits per heavy atom. The van der Waals surface area contributed by atoms with E-state index in [9.17, 15) is 0 Å². The van der Waals surface area contributed by atoms with E-state index in [-0.39, 0.29) is 0 Å². The lowest BCUT2D eigenvalue weighted by atomic mass is 10.5. The second kappa shape index (κ2) is 5.30. The third-order valence-corrected chi connectivity index (χ3v) is 2.48. The normalized spacial score (nSPS) is 10.3. The van der Waals surface area contributed by atoms with Crippen LogP contribution in [0.3, 0.4) is 0 Å². The van der Waals surface area contributed by atoms with Crippen LogP contribution in [0.1, 0.15) is 0 Å². The summed E-state index contributed by atoms with van der Waals surface area (Å²) in [5.41, 5.74) is 9.49. The number of rotatable bonds is 1. The highest BCUT2D eigenvalue weighted by Gasteiger charge is 2.02. The molecule has 0 atom stereocenters. The highest BCUT2D eigenvalue weighted by atomic mass is 16.5. The Morgan fingerprint density at radius 3 is 2.62 bits per heavy atom. The number of nitrogens with two attached hydrogens (primary N) is 1. The van der Waals surface area contributed by atoms with Gasteiger partial charge in [0.05, 0.1) is 6.33 Å². The summed E-state index contributed by atoms with van der Waals surface area (Å²) in [5.74, 6) is 0.672. The third-order valence-electron chi connectivity index (χ3n) is 2.48. The van der Waals surface area contributed by atoms with Crippen molar-refractivity contribution < 1.29 is 5.21 Å². The highest BCUT2D eigenvalue weighted by molar-refractivity contribution is 5.81. The SMILES string of the molecule is Nc1ncnc2n[nH]nc12.ONc1ncnc2nc[nH]c12. The van der Waals surface area contributed by atoms with Gasteiger partial charge in [-0.15, -0.1) is 5.10 Å². The molecule has 0 aliphatic heterocycles. The van der Waals surface area contributed by atoms with Gasteiger partial charge >= 0.3 is 0 Å². The fourth-order valence-corrected chi connectivity index (χ4v) is 1.54. The van der Waals surface area contributed by atoms with Gasteiger partial charge in [0.15, 0.2) is 22.8 Å². The average molecular weight is 287 g/mol. The monoisotopic (exact) mass is 287 g/mol. The Hall–Kier alpha value is -3.41. The molecule has 0 unspecified atom stereocenters. The van der Waals surface area contributed by atoms with Crippen molar-refractivity contribution in [1.82, 2.24) is 45.3 Å². The number of nitrogens with one attached hydrogen (secondary N) is 3. The molecule has 4 rings (SSSR count). The van der Waals surface area contributed by atoms with Gasteiger partial charge in [0.1, 0.15) is 18.2 Å². The number of anilines is 2. The number of imidazole rings is 1. The summed E-state index contributed by atoms with van der Waals surface area (Å²) in [7, 11) is 0. The smallest absolute Gasteiger partial charge is 0.206 e. The van der Waals surface area contributed by atoms with E-state index in [0.717, 1.165) is 0 Å². The van der Waals surface area contributed by atoms with Crippen LogP contribution < -0.4 is 11.2 Å². The summed E-state index contributed by atoms with van der Waals surface area (Å²) in [4.78, 5) is 21.8. The van der Waals surface area contributed by atoms with Gasteiger partial charge in [-0.2, -0.15) is 10.3 Å². The van der Waals surface area contributed by atoms with Crippen molar-refractivity contribution in [1.29, 1.82) is 0 Å². The van der Waals surface area contributed by atoms with E-state index in [0.29, 0.717) is 34.0 Å². The first-order valence-corrected chi connectivity index (χ1v) is 5.60. The van der Waals surface area contributed by atoms with Crippen molar-refractivity contribution in [3.63, 3.8) is 0 Å². The summed E-state index contributed by atoms with van der Waals surface area (Å²) in [5, 5.41) is 18.4. The first kappa shape index (κ1) is 12.6. The Morgan fingerprint density at radius 2 is 1.81 bits per heavy atom. The van der Waals surface area contributed by atoms with Crippen LogP contribution in [0.2, 0.25) is 0 Å². The number of fused-ring (bicyclic) bond motifs is 2. The molecular weight excluding hydrogens is 278 g/mol. The quantitative estimate of drug-likeness (QED) is 0.286. The molecule has 12 heteroatoms. The molecule has 4 aromatic rings. The lowest BCUT2D eigenvalue weighted by molar-refractivity contribution is 0.386. The minimum Gasteiger partial charge on any atom is -0.382 e. The maximum absolute atomic E-state index is 8.57. The topological polar surface area (TPSA) is 180 Å². The first-order valence-electron chi connectivity index (χ1n) is 5.60. The molecule has 21 heavy (non-hydrogen) atoms. The van der Waals surface area contributed by atoms with Crippen LogP contribution in [0.4, 0.5) is 11.6 Å². The van der Waals surface area contributed by atoms with E-state index < -0.39 is 0 Å². The minimum atomic E-state index is 0.326. The zero-order valence-corrected chi connectivity index (χ0v) is 10.4. The second-order valence-electron chi connectivity index (χ2n) is 3.69. The fourth-order valence-electron chi connectivity index (χ4n) is 1.54. The largest absolute Gasteiger partial charge is 0.382 e. The summed E-state index contributed by atoms with van der Waals surface area (Å²) < 4.78 is 0. The number of nitrogens with zero attached hydrogens (tertiary/aromatic N) is 7. The minimum absolute atomic E-state index is 0.326. The predicted octanol–water partition coefficient (Wildman–Crippen LogP) is -0.516. The van der Waals surface area contributed by atoms with E-state index in [1.807, 2.05) is 5.48 Å². The molecule has 0 aliphatic rings. The zero-order valence-electron chi connectivity index (χ0n) is 10.4. The van der Waals surface area contributed by atoms with E-state index in [4.69, 9.17) is 10.9 Å². The third kappa shape index (κ3) is 2.37. The van der Waals surface area contributed by atoms with Gasteiger partial charge in [-0.3, -0.25) is 10.7 Å².